The van der Waals surface area contributed by atoms with E-state index in [-0.39, 0.29) is 12.3 Å². The number of rotatable bonds is 5. The van der Waals surface area contributed by atoms with Crippen LogP contribution in [0.5, 0.6) is 0 Å². The van der Waals surface area contributed by atoms with Crippen LogP contribution in [-0.4, -0.2) is 27.5 Å². The molecular formula is C17H18N2O3S. The number of nitrogens with zero attached hydrogens (tertiary/aromatic N) is 1. The van der Waals surface area contributed by atoms with E-state index in [1.165, 1.54) is 11.3 Å². The molecule has 2 N–H and O–H groups in total. The molecule has 1 aromatic carbocycles. The van der Waals surface area contributed by atoms with Gasteiger partial charge in [0.05, 0.1) is 12.1 Å². The molecule has 1 saturated carbocycles. The molecule has 1 aromatic heterocycles. The number of hydrogen-bond donors (Lipinski definition) is 2. The van der Waals surface area contributed by atoms with Gasteiger partial charge in [0.1, 0.15) is 10.5 Å². The molecule has 1 aliphatic carbocycles. The van der Waals surface area contributed by atoms with E-state index in [0.717, 1.165) is 23.4 Å². The van der Waals surface area contributed by atoms with Crippen LogP contribution < -0.4 is 5.32 Å². The van der Waals surface area contributed by atoms with E-state index in [0.29, 0.717) is 18.5 Å². The fraction of sp³-hybridized carbons (Fsp3) is 0.353. The van der Waals surface area contributed by atoms with Gasteiger partial charge in [0.15, 0.2) is 0 Å². The van der Waals surface area contributed by atoms with Crippen LogP contribution in [0.1, 0.15) is 31.4 Å². The Balaban J connectivity index is 1.67. The lowest BCUT2D eigenvalue weighted by Crippen LogP contribution is -2.52. The summed E-state index contributed by atoms with van der Waals surface area (Å²) in [7, 11) is 0. The molecule has 1 aliphatic rings. The van der Waals surface area contributed by atoms with Gasteiger partial charge in [-0.05, 0) is 12.8 Å². The van der Waals surface area contributed by atoms with Gasteiger partial charge in [-0.2, -0.15) is 0 Å². The van der Waals surface area contributed by atoms with Gasteiger partial charge in [-0.1, -0.05) is 43.2 Å². The second-order valence-corrected chi connectivity index (χ2v) is 6.69. The van der Waals surface area contributed by atoms with Crippen LogP contribution in [0, 0.1) is 0 Å². The van der Waals surface area contributed by atoms with Crippen molar-refractivity contribution in [2.75, 3.05) is 0 Å². The van der Waals surface area contributed by atoms with Gasteiger partial charge in [-0.25, -0.2) is 9.78 Å². The quantitative estimate of drug-likeness (QED) is 0.883. The molecule has 0 bridgehead atoms. The summed E-state index contributed by atoms with van der Waals surface area (Å²) in [6, 6.07) is 9.78. The summed E-state index contributed by atoms with van der Waals surface area (Å²) >= 11 is 1.49. The van der Waals surface area contributed by atoms with Crippen molar-refractivity contribution in [3.05, 3.63) is 41.4 Å². The van der Waals surface area contributed by atoms with Gasteiger partial charge in [-0.3, -0.25) is 4.79 Å². The van der Waals surface area contributed by atoms with Crippen molar-refractivity contribution in [3.63, 3.8) is 0 Å². The van der Waals surface area contributed by atoms with Gasteiger partial charge in [-0.15, -0.1) is 11.3 Å². The Labute approximate surface area is 138 Å². The molecule has 0 radical (unpaired) electrons. The molecular weight excluding hydrogens is 312 g/mol. The molecule has 2 aromatic rings. The van der Waals surface area contributed by atoms with Crippen molar-refractivity contribution in [2.45, 2.75) is 37.6 Å². The molecule has 120 valence electrons. The van der Waals surface area contributed by atoms with Gasteiger partial charge < -0.3 is 10.4 Å². The Kier molecular flexibility index (Phi) is 4.43. The topological polar surface area (TPSA) is 79.3 Å². The predicted octanol–water partition coefficient (Wildman–Crippen LogP) is 2.87. The number of aromatic nitrogens is 1. The van der Waals surface area contributed by atoms with Crippen molar-refractivity contribution >= 4 is 23.2 Å². The number of carboxylic acid groups (broad SMARTS) is 1. The molecule has 0 saturated heterocycles. The highest BCUT2D eigenvalue weighted by Crippen LogP contribution is 2.30. The van der Waals surface area contributed by atoms with Crippen LogP contribution in [0.15, 0.2) is 35.7 Å². The molecule has 0 spiro atoms. The number of thiazole rings is 1. The first kappa shape index (κ1) is 15.7. The number of benzene rings is 1. The maximum absolute atomic E-state index is 12.2. The molecule has 1 amide bonds. The fourth-order valence-corrected chi connectivity index (χ4v) is 3.77. The molecule has 3 rings (SSSR count). The molecule has 1 fully saturated rings. The van der Waals surface area contributed by atoms with Crippen LogP contribution in [0.4, 0.5) is 0 Å². The number of amides is 1. The average Bonchev–Trinajstić information content (AvgIpc) is 3.18. The third-order valence-electron chi connectivity index (χ3n) is 4.16. The summed E-state index contributed by atoms with van der Waals surface area (Å²) in [5.41, 5.74) is 0.599. The highest BCUT2D eigenvalue weighted by Gasteiger charge is 2.42. The number of aliphatic carboxylic acids is 1. The molecule has 23 heavy (non-hydrogen) atoms. The summed E-state index contributed by atoms with van der Waals surface area (Å²) in [6.45, 7) is 0. The third kappa shape index (κ3) is 3.42. The Morgan fingerprint density at radius 1 is 1.22 bits per heavy atom. The second kappa shape index (κ2) is 6.50. The van der Waals surface area contributed by atoms with E-state index in [1.807, 2.05) is 35.7 Å². The second-order valence-electron chi connectivity index (χ2n) is 5.83. The predicted molar refractivity (Wildman–Crippen MR) is 88.2 cm³/mol. The summed E-state index contributed by atoms with van der Waals surface area (Å²) in [6.07, 6.45) is 2.78. The Hall–Kier alpha value is -2.21. The van der Waals surface area contributed by atoms with Crippen LogP contribution in [0.25, 0.3) is 10.6 Å². The van der Waals surface area contributed by atoms with Gasteiger partial charge in [0, 0.05) is 10.9 Å². The first-order chi connectivity index (χ1) is 11.1. The van der Waals surface area contributed by atoms with E-state index >= 15 is 0 Å². The van der Waals surface area contributed by atoms with Crippen molar-refractivity contribution in [3.8, 4) is 10.6 Å². The van der Waals surface area contributed by atoms with Gasteiger partial charge in [0.2, 0.25) is 5.91 Å². The monoisotopic (exact) mass is 330 g/mol. The Morgan fingerprint density at radius 2 is 1.91 bits per heavy atom. The molecule has 5 nitrogen and oxygen atoms in total. The van der Waals surface area contributed by atoms with Crippen molar-refractivity contribution in [1.82, 2.24) is 10.3 Å². The van der Waals surface area contributed by atoms with Crippen LogP contribution in [-0.2, 0) is 16.0 Å². The molecule has 0 aliphatic heterocycles. The summed E-state index contributed by atoms with van der Waals surface area (Å²) in [5, 5.41) is 14.8. The van der Waals surface area contributed by atoms with Crippen molar-refractivity contribution < 1.29 is 14.7 Å². The van der Waals surface area contributed by atoms with E-state index in [9.17, 15) is 14.7 Å². The lowest BCUT2D eigenvalue weighted by Gasteiger charge is -2.25. The molecule has 1 heterocycles. The maximum atomic E-state index is 12.2. The lowest BCUT2D eigenvalue weighted by atomic mass is 9.97. The largest absolute Gasteiger partial charge is 0.480 e. The minimum absolute atomic E-state index is 0.109. The first-order valence-electron chi connectivity index (χ1n) is 7.63. The zero-order valence-corrected chi connectivity index (χ0v) is 13.4. The maximum Gasteiger partial charge on any atom is 0.329 e. The van der Waals surface area contributed by atoms with E-state index in [4.69, 9.17) is 0 Å². The van der Waals surface area contributed by atoms with E-state index < -0.39 is 11.5 Å². The summed E-state index contributed by atoms with van der Waals surface area (Å²) in [4.78, 5) is 28.2. The number of carboxylic acids is 1. The minimum Gasteiger partial charge on any atom is -0.480 e. The van der Waals surface area contributed by atoms with Crippen molar-refractivity contribution in [2.24, 2.45) is 0 Å². The number of nitrogens with one attached hydrogen (secondary N) is 1. The van der Waals surface area contributed by atoms with Crippen LogP contribution in [0.2, 0.25) is 0 Å². The van der Waals surface area contributed by atoms with E-state index in [1.54, 1.807) is 0 Å². The number of carbonyl (C=O) groups excluding carboxylic acids is 1. The fourth-order valence-electron chi connectivity index (χ4n) is 2.95. The normalized spacial score (nSPS) is 16.2. The minimum atomic E-state index is -1.09. The number of carbonyl (C=O) groups is 2. The third-order valence-corrected chi connectivity index (χ3v) is 5.10. The highest BCUT2D eigenvalue weighted by molar-refractivity contribution is 7.13. The van der Waals surface area contributed by atoms with Crippen LogP contribution in [0.3, 0.4) is 0 Å². The Morgan fingerprint density at radius 3 is 2.57 bits per heavy atom. The molecule has 0 unspecified atom stereocenters. The van der Waals surface area contributed by atoms with Crippen molar-refractivity contribution in [1.29, 1.82) is 0 Å². The van der Waals surface area contributed by atoms with Gasteiger partial charge >= 0.3 is 5.97 Å². The standard InChI is InChI=1S/C17H18N2O3S/c20-14(19-17(16(21)22)8-4-5-9-17)10-13-11-23-15(18-13)12-6-2-1-3-7-12/h1-3,6-7,11H,4-5,8-10H2,(H,19,20)(H,21,22). The first-order valence-corrected chi connectivity index (χ1v) is 8.51. The Bertz CT molecular complexity index is 706. The molecule has 6 heteroatoms. The van der Waals surface area contributed by atoms with E-state index in [2.05, 4.69) is 10.3 Å². The SMILES string of the molecule is O=C(Cc1csc(-c2ccccc2)n1)NC1(C(=O)O)CCCC1. The highest BCUT2D eigenvalue weighted by atomic mass is 32.1. The molecule has 0 atom stereocenters. The van der Waals surface area contributed by atoms with Crippen LogP contribution >= 0.6 is 11.3 Å². The van der Waals surface area contributed by atoms with Gasteiger partial charge in [0.25, 0.3) is 0 Å². The summed E-state index contributed by atoms with van der Waals surface area (Å²) in [5.74, 6) is -1.22. The average molecular weight is 330 g/mol. The smallest absolute Gasteiger partial charge is 0.329 e. The number of hydrogen-bond acceptors (Lipinski definition) is 4. The zero-order chi connectivity index (χ0) is 16.3. The zero-order valence-electron chi connectivity index (χ0n) is 12.6. The summed E-state index contributed by atoms with van der Waals surface area (Å²) < 4.78 is 0. The lowest BCUT2D eigenvalue weighted by molar-refractivity contribution is -0.147.